The first-order valence-corrected chi connectivity index (χ1v) is 10.0. The Hall–Kier alpha value is -2.32. The number of nitrogens with one attached hydrogen (secondary N) is 3. The predicted octanol–water partition coefficient (Wildman–Crippen LogP) is -6.24. The molecule has 0 atom stereocenters. The van der Waals surface area contributed by atoms with Gasteiger partial charge in [0.25, 0.3) is 0 Å². The molecule has 0 aromatic carbocycles. The summed E-state index contributed by atoms with van der Waals surface area (Å²) in [5.41, 5.74) is 2.17. The van der Waals surface area contributed by atoms with E-state index < -0.39 is 10.2 Å². The number of aliphatic imine (C=N–C) groups is 3. The average molecular weight is 552 g/mol. The van der Waals surface area contributed by atoms with Crippen LogP contribution in [-0.4, -0.2) is 68.2 Å². The van der Waals surface area contributed by atoms with Crippen molar-refractivity contribution in [3.05, 3.63) is 54.7 Å². The molecule has 3 aromatic rings. The summed E-state index contributed by atoms with van der Waals surface area (Å²) in [5, 5.41) is 0. The normalized spacial score (nSPS) is 13.4. The molecule has 3 N–H and O–H groups in total. The van der Waals surface area contributed by atoms with E-state index in [1.807, 2.05) is 0 Å². The molecule has 3 heterocycles. The fourth-order valence-corrected chi connectivity index (χ4v) is 2.26. The Morgan fingerprint density at radius 3 is 1.24 bits per heavy atom. The van der Waals surface area contributed by atoms with Gasteiger partial charge in [-0.25, -0.2) is 33.6 Å². The molecule has 0 bridgehead atoms. The van der Waals surface area contributed by atoms with Gasteiger partial charge in [-0.05, 0) is 0 Å². The second-order valence-electron chi connectivity index (χ2n) is 6.58. The van der Waals surface area contributed by atoms with Gasteiger partial charge in [0.15, 0.2) is 0 Å². The molecule has 0 spiro atoms. The van der Waals surface area contributed by atoms with Gasteiger partial charge in [0, 0.05) is 62.3 Å². The van der Waals surface area contributed by atoms with Crippen molar-refractivity contribution in [2.24, 2.45) is 20.4 Å². The third-order valence-corrected chi connectivity index (χ3v) is 3.65. The number of aromatic nitrogens is 6. The van der Waals surface area contributed by atoms with E-state index in [4.69, 9.17) is 18.6 Å². The molecule has 0 saturated heterocycles. The van der Waals surface area contributed by atoms with E-state index in [1.165, 1.54) is 0 Å². The number of halogens is 2. The van der Waals surface area contributed by atoms with Gasteiger partial charge >= 0.3 is 19.5 Å². The van der Waals surface area contributed by atoms with E-state index >= 15 is 0 Å². The van der Waals surface area contributed by atoms with Crippen LogP contribution in [0, 0.1) is 15.7 Å². The van der Waals surface area contributed by atoms with Crippen molar-refractivity contribution in [2.75, 3.05) is 19.6 Å². The van der Waals surface area contributed by atoms with Crippen molar-refractivity contribution in [1.29, 1.82) is 0 Å². The predicted molar refractivity (Wildman–Crippen MR) is 101 cm³/mol. The minimum atomic E-state index is -4.94. The maximum atomic E-state index is 8.49. The van der Waals surface area contributed by atoms with E-state index in [2.05, 4.69) is 51.8 Å². The van der Waals surface area contributed by atoms with Crippen LogP contribution in [0.25, 0.3) is 0 Å². The molecule has 0 radical (unpaired) electrons. The molecule has 0 aliphatic rings. The summed E-state index contributed by atoms with van der Waals surface area (Å²) < 4.78 is 34.0. The van der Waals surface area contributed by atoms with Crippen molar-refractivity contribution >= 4 is 18.6 Å². The van der Waals surface area contributed by atoms with Crippen molar-refractivity contribution in [1.82, 2.24) is 29.9 Å². The zero-order valence-electron chi connectivity index (χ0n) is 17.6. The van der Waals surface area contributed by atoms with Crippen LogP contribution in [0.4, 0.5) is 0 Å². The summed E-state index contributed by atoms with van der Waals surface area (Å²) in [7, 11) is -4.94. The van der Waals surface area contributed by atoms with Gasteiger partial charge < -0.3 is 27.4 Å². The van der Waals surface area contributed by atoms with E-state index in [9.17, 15) is 0 Å². The molecule has 16 heteroatoms. The Morgan fingerprint density at radius 1 is 0.758 bits per heavy atom. The molecule has 0 amide bonds. The first-order valence-electron chi connectivity index (χ1n) is 8.81. The number of nitrogens with zero attached hydrogens (tertiary/aromatic N) is 6. The van der Waals surface area contributed by atoms with Gasteiger partial charge in [-0.2, -0.15) is 0 Å². The Labute approximate surface area is 210 Å². The third kappa shape index (κ3) is 14.4. The van der Waals surface area contributed by atoms with Crippen LogP contribution < -0.4 is 31.0 Å². The fraction of sp³-hybridized carbons (Fsp3) is 0.294. The second kappa shape index (κ2) is 15.5. The molecule has 174 valence electrons. The van der Waals surface area contributed by atoms with Crippen molar-refractivity contribution in [3.8, 4) is 0 Å². The quantitative estimate of drug-likeness (QED) is 0.172. The van der Waals surface area contributed by atoms with Gasteiger partial charge in [0.1, 0.15) is 0 Å². The summed E-state index contributed by atoms with van der Waals surface area (Å²) in [5.74, 6) is 0. The molecule has 3 rings (SSSR count). The molecule has 33 heavy (non-hydrogen) atoms. The summed E-state index contributed by atoms with van der Waals surface area (Å²) in [4.78, 5) is 34.7. The molecule has 3 aromatic heterocycles. The third-order valence-electron chi connectivity index (χ3n) is 3.65. The Kier molecular flexibility index (Phi) is 14.4. The zero-order chi connectivity index (χ0) is 22.6. The molecule has 0 aliphatic carbocycles. The number of H-pyrrole nitrogens is 3. The fourth-order valence-electron chi connectivity index (χ4n) is 2.26. The molecular weight excluding hydrogens is 531 g/mol. The van der Waals surface area contributed by atoms with Crippen LogP contribution in [0.15, 0.2) is 52.5 Å². The van der Waals surface area contributed by atoms with Gasteiger partial charge in [0.05, 0.1) is 36.1 Å². The molecule has 0 unspecified atom stereocenters. The minimum Gasteiger partial charge on any atom is -1.00 e. The molecule has 0 aliphatic heterocycles. The maximum absolute atomic E-state index is 8.49. The van der Waals surface area contributed by atoms with Crippen LogP contribution in [0.1, 0.15) is 24.0 Å². The van der Waals surface area contributed by atoms with E-state index in [0.717, 1.165) is 17.1 Å². The monoisotopic (exact) mass is 549 g/mol. The number of rotatable bonds is 9. The van der Waals surface area contributed by atoms with Crippen LogP contribution in [0.2, 0.25) is 0 Å². The van der Waals surface area contributed by atoms with Crippen molar-refractivity contribution < 1.29 is 60.8 Å². The molecule has 0 saturated carbocycles. The number of imidazole rings is 3. The standard InChI is InChI=1S/C17H21N9.ClHO4.ClH.Zn/c1-17(8-18-2-14-5-21-11-24-14,9-19-3-15-6-22-12-25-15)10-20-4-16-7-23-13-26-16;2-1(3,4)5;;/h2-7,11-13H,8-10H2,1H3,(H,21,24)(H,22,25)(H,23,26);(H,2,3,4,5);1H;/q;;;+2/p-2. The Bertz CT molecular complexity index is 825. The van der Waals surface area contributed by atoms with Crippen LogP contribution >= 0.6 is 0 Å². The topological polar surface area (TPSA) is 215 Å². The van der Waals surface area contributed by atoms with Gasteiger partial charge in [-0.1, -0.05) is 6.92 Å². The number of aromatic amines is 3. The summed E-state index contributed by atoms with van der Waals surface area (Å²) in [6, 6.07) is 0. The molecular formula is C17H21Cl2N9O4Zn. The largest absolute Gasteiger partial charge is 2.00 e. The van der Waals surface area contributed by atoms with Crippen LogP contribution in [0.3, 0.4) is 0 Å². The first kappa shape index (κ1) is 30.7. The van der Waals surface area contributed by atoms with Crippen LogP contribution in [0.5, 0.6) is 0 Å². The minimum absolute atomic E-state index is 0. The Balaban J connectivity index is 0.00000133. The van der Waals surface area contributed by atoms with E-state index in [1.54, 1.807) is 56.2 Å². The smallest absolute Gasteiger partial charge is 1.00 e. The van der Waals surface area contributed by atoms with E-state index in [0.29, 0.717) is 19.6 Å². The van der Waals surface area contributed by atoms with Gasteiger partial charge in [-0.3, -0.25) is 15.0 Å². The molecule has 13 nitrogen and oxygen atoms in total. The van der Waals surface area contributed by atoms with Crippen molar-refractivity contribution in [3.63, 3.8) is 0 Å². The molecule has 0 fully saturated rings. The average Bonchev–Trinajstić information content (AvgIpc) is 3.44. The SMILES string of the molecule is CC(CN=Cc1c[nH]cn1)(CN=Cc1c[nH]cn1)CN=Cc1c[nH]cn1.[Cl-].[O-][Cl+3]([O-])([O-])[O-].[Zn+2]. The summed E-state index contributed by atoms with van der Waals surface area (Å²) in [6.45, 7) is 3.85. The van der Waals surface area contributed by atoms with Gasteiger partial charge in [0.2, 0.25) is 0 Å². The maximum Gasteiger partial charge on any atom is 2.00 e. The van der Waals surface area contributed by atoms with Gasteiger partial charge in [-0.15, -0.1) is 10.2 Å². The Morgan fingerprint density at radius 2 is 1.03 bits per heavy atom. The zero-order valence-corrected chi connectivity index (χ0v) is 22.1. The van der Waals surface area contributed by atoms with E-state index in [-0.39, 0.29) is 37.3 Å². The number of hydrogen-bond acceptors (Lipinski definition) is 10. The summed E-state index contributed by atoms with van der Waals surface area (Å²) >= 11 is 0. The van der Waals surface area contributed by atoms with Crippen LogP contribution in [-0.2, 0) is 19.5 Å². The van der Waals surface area contributed by atoms with Crippen molar-refractivity contribution in [2.45, 2.75) is 6.92 Å². The second-order valence-corrected chi connectivity index (χ2v) is 7.34. The summed E-state index contributed by atoms with van der Waals surface area (Å²) in [6.07, 6.45) is 15.5. The number of hydrogen-bond donors (Lipinski definition) is 3. The first-order chi connectivity index (χ1) is 14.7.